The van der Waals surface area contributed by atoms with Gasteiger partial charge in [-0.15, -0.1) is 0 Å². The molecular weight excluding hydrogens is 763 g/mol. The van der Waals surface area contributed by atoms with Gasteiger partial charge >= 0.3 is 0 Å². The Hall–Kier alpha value is -0.910. The minimum absolute atomic E-state index is 0.146. The summed E-state index contributed by atoms with van der Waals surface area (Å²) in [5.41, 5.74) is 0. The highest BCUT2D eigenvalue weighted by Gasteiger charge is 2.26. The summed E-state index contributed by atoms with van der Waals surface area (Å²) in [5.74, 6) is -0.146. The zero-order chi connectivity index (χ0) is 45.1. The molecule has 0 spiro atoms. The first-order chi connectivity index (χ1) is 30.6. The van der Waals surface area contributed by atoms with Crippen LogP contribution >= 0.6 is 0 Å². The Bertz CT molecular complexity index is 879. The van der Waals surface area contributed by atoms with Crippen molar-refractivity contribution >= 4 is 5.91 Å². The van der Waals surface area contributed by atoms with E-state index in [1.54, 1.807) is 0 Å². The van der Waals surface area contributed by atoms with Gasteiger partial charge in [-0.05, 0) is 38.5 Å². The molecule has 0 saturated carbocycles. The van der Waals surface area contributed by atoms with Crippen molar-refractivity contribution in [1.82, 2.24) is 5.32 Å². The van der Waals surface area contributed by atoms with Crippen LogP contribution in [0.4, 0.5) is 0 Å². The number of nitrogens with one attached hydrogen (secondary N) is 1. The van der Waals surface area contributed by atoms with Crippen LogP contribution in [0.15, 0.2) is 12.2 Å². The average molecular weight is 877 g/mol. The van der Waals surface area contributed by atoms with Crippen LogP contribution in [0.25, 0.3) is 0 Å². The van der Waals surface area contributed by atoms with Crippen LogP contribution in [0.1, 0.15) is 322 Å². The van der Waals surface area contributed by atoms with Crippen LogP contribution in [0, 0.1) is 0 Å². The molecule has 5 heteroatoms. The lowest BCUT2D eigenvalue weighted by Gasteiger charge is -2.26. The minimum Gasteiger partial charge on any atom is -0.394 e. The summed E-state index contributed by atoms with van der Waals surface area (Å²) in [6.07, 6.45) is 65.2. The number of rotatable bonds is 53. The molecule has 0 bridgehead atoms. The molecule has 0 radical (unpaired) electrons. The van der Waals surface area contributed by atoms with E-state index in [1.807, 2.05) is 0 Å². The highest BCUT2D eigenvalue weighted by Crippen LogP contribution is 2.18. The Morgan fingerprint density at radius 1 is 0.387 bits per heavy atom. The molecule has 0 rings (SSSR count). The average Bonchev–Trinajstić information content (AvgIpc) is 3.28. The van der Waals surface area contributed by atoms with Crippen molar-refractivity contribution in [3.8, 4) is 0 Å². The van der Waals surface area contributed by atoms with Crippen molar-refractivity contribution in [3.63, 3.8) is 0 Å². The Balaban J connectivity index is 3.51. The number of amides is 1. The molecule has 3 atom stereocenters. The SMILES string of the molecule is CCCCCCCCCCCCCCCCC/C=C/CCCC(O)C(O)C(CO)NC(=O)CCCCCCCCCCCCCCCCCCCCCCCCCCCCCC. The number of hydrogen-bond acceptors (Lipinski definition) is 4. The third kappa shape index (κ3) is 47.1. The maximum absolute atomic E-state index is 12.5. The van der Waals surface area contributed by atoms with Gasteiger partial charge in [-0.25, -0.2) is 0 Å². The van der Waals surface area contributed by atoms with Gasteiger partial charge in [0, 0.05) is 6.42 Å². The first-order valence-corrected chi connectivity index (χ1v) is 28.5. The second-order valence-corrected chi connectivity index (χ2v) is 19.9. The lowest BCUT2D eigenvalue weighted by Crippen LogP contribution is -2.50. The van der Waals surface area contributed by atoms with Gasteiger partial charge in [-0.2, -0.15) is 0 Å². The molecule has 0 aromatic heterocycles. The molecule has 3 unspecified atom stereocenters. The maximum Gasteiger partial charge on any atom is 0.220 e. The summed E-state index contributed by atoms with van der Waals surface area (Å²) in [6, 6.07) is -0.822. The van der Waals surface area contributed by atoms with E-state index in [2.05, 4.69) is 31.3 Å². The molecule has 0 aromatic carbocycles. The van der Waals surface area contributed by atoms with E-state index in [-0.39, 0.29) is 12.5 Å². The fraction of sp³-hybridized carbons (Fsp3) is 0.947. The monoisotopic (exact) mass is 876 g/mol. The number of allylic oxidation sites excluding steroid dienone is 2. The van der Waals surface area contributed by atoms with Gasteiger partial charge in [-0.1, -0.05) is 289 Å². The van der Waals surface area contributed by atoms with Crippen LogP contribution in [-0.2, 0) is 4.79 Å². The lowest BCUT2D eigenvalue weighted by atomic mass is 10.0. The van der Waals surface area contributed by atoms with Gasteiger partial charge in [-0.3, -0.25) is 4.79 Å². The third-order valence-corrected chi connectivity index (χ3v) is 13.6. The first kappa shape index (κ1) is 61.1. The lowest BCUT2D eigenvalue weighted by molar-refractivity contribution is -0.124. The highest BCUT2D eigenvalue weighted by molar-refractivity contribution is 5.76. The second-order valence-electron chi connectivity index (χ2n) is 19.9. The van der Waals surface area contributed by atoms with E-state index in [0.29, 0.717) is 12.8 Å². The molecule has 0 aliphatic heterocycles. The van der Waals surface area contributed by atoms with E-state index in [0.717, 1.165) is 38.5 Å². The summed E-state index contributed by atoms with van der Waals surface area (Å²) >= 11 is 0. The van der Waals surface area contributed by atoms with Crippen molar-refractivity contribution in [3.05, 3.63) is 12.2 Å². The van der Waals surface area contributed by atoms with Gasteiger partial charge in [0.2, 0.25) is 5.91 Å². The Morgan fingerprint density at radius 2 is 0.645 bits per heavy atom. The van der Waals surface area contributed by atoms with Crippen LogP contribution in [0.5, 0.6) is 0 Å². The minimum atomic E-state index is -1.16. The van der Waals surface area contributed by atoms with Crippen LogP contribution < -0.4 is 5.32 Å². The number of aliphatic hydroxyl groups is 3. The zero-order valence-electron chi connectivity index (χ0n) is 42.3. The van der Waals surface area contributed by atoms with Crippen molar-refractivity contribution in [1.29, 1.82) is 0 Å². The van der Waals surface area contributed by atoms with Crippen LogP contribution in [0.2, 0.25) is 0 Å². The van der Waals surface area contributed by atoms with Crippen LogP contribution in [-0.4, -0.2) is 46.1 Å². The fourth-order valence-electron chi connectivity index (χ4n) is 9.23. The topological polar surface area (TPSA) is 89.8 Å². The maximum atomic E-state index is 12.5. The van der Waals surface area contributed by atoms with Crippen molar-refractivity contribution in [2.45, 2.75) is 340 Å². The van der Waals surface area contributed by atoms with Gasteiger partial charge in [0.25, 0.3) is 0 Å². The summed E-state index contributed by atoms with van der Waals surface area (Å²) in [7, 11) is 0. The standard InChI is InChI=1S/C57H113NO4/c1-3-5-7-9-11-13-15-17-19-21-23-25-26-27-28-29-30-31-32-34-36-38-40-42-44-46-48-50-52-56(61)58-54(53-59)57(62)55(60)51-49-47-45-43-41-39-37-35-33-24-22-20-18-16-14-12-10-8-6-4-2/h43,45,54-55,57,59-60,62H,3-42,44,46-53H2,1-2H3,(H,58,61)/b45-43+. The molecule has 1 amide bonds. The Labute approximate surface area is 389 Å². The number of carbonyl (C=O) groups excluding carboxylic acids is 1. The number of unbranched alkanes of at least 4 members (excludes halogenated alkanes) is 43. The molecule has 0 saturated heterocycles. The van der Waals surface area contributed by atoms with E-state index in [1.165, 1.54) is 257 Å². The van der Waals surface area contributed by atoms with E-state index in [4.69, 9.17) is 0 Å². The molecule has 0 aliphatic rings. The van der Waals surface area contributed by atoms with Crippen molar-refractivity contribution < 1.29 is 20.1 Å². The molecule has 62 heavy (non-hydrogen) atoms. The Morgan fingerprint density at radius 3 is 0.935 bits per heavy atom. The summed E-state index contributed by atoms with van der Waals surface area (Å²) in [4.78, 5) is 12.5. The number of hydrogen-bond donors (Lipinski definition) is 4. The predicted molar refractivity (Wildman–Crippen MR) is 273 cm³/mol. The summed E-state index contributed by atoms with van der Waals surface area (Å²) in [6.45, 7) is 4.21. The second kappa shape index (κ2) is 52.7. The molecule has 0 heterocycles. The van der Waals surface area contributed by atoms with E-state index >= 15 is 0 Å². The van der Waals surface area contributed by atoms with Gasteiger partial charge in [0.05, 0.1) is 18.8 Å². The smallest absolute Gasteiger partial charge is 0.220 e. The molecule has 4 N–H and O–H groups in total. The van der Waals surface area contributed by atoms with Crippen LogP contribution in [0.3, 0.4) is 0 Å². The quantitative estimate of drug-likeness (QED) is 0.0362. The highest BCUT2D eigenvalue weighted by atomic mass is 16.3. The van der Waals surface area contributed by atoms with Gasteiger partial charge < -0.3 is 20.6 Å². The van der Waals surface area contributed by atoms with Crippen molar-refractivity contribution in [2.24, 2.45) is 0 Å². The number of aliphatic hydroxyl groups excluding tert-OH is 3. The summed E-state index contributed by atoms with van der Waals surface area (Å²) < 4.78 is 0. The van der Waals surface area contributed by atoms with Gasteiger partial charge in [0.1, 0.15) is 6.10 Å². The molecular formula is C57H113NO4. The molecule has 370 valence electrons. The number of carbonyl (C=O) groups is 1. The van der Waals surface area contributed by atoms with E-state index in [9.17, 15) is 20.1 Å². The molecule has 5 nitrogen and oxygen atoms in total. The normalized spacial score (nSPS) is 13.3. The Kier molecular flexibility index (Phi) is 51.9. The van der Waals surface area contributed by atoms with Crippen molar-refractivity contribution in [2.75, 3.05) is 6.61 Å². The van der Waals surface area contributed by atoms with Gasteiger partial charge in [0.15, 0.2) is 0 Å². The summed E-state index contributed by atoms with van der Waals surface area (Å²) in [5, 5.41) is 33.7. The largest absolute Gasteiger partial charge is 0.394 e. The first-order valence-electron chi connectivity index (χ1n) is 28.5. The predicted octanol–water partition coefficient (Wildman–Crippen LogP) is 17.5. The fourth-order valence-corrected chi connectivity index (χ4v) is 9.23. The molecule has 0 aromatic rings. The molecule has 0 aliphatic carbocycles. The molecule has 0 fully saturated rings. The zero-order valence-corrected chi connectivity index (χ0v) is 42.3. The van der Waals surface area contributed by atoms with E-state index < -0.39 is 18.2 Å². The third-order valence-electron chi connectivity index (χ3n) is 13.6.